The van der Waals surface area contributed by atoms with Crippen molar-refractivity contribution < 1.29 is 4.42 Å². The van der Waals surface area contributed by atoms with Gasteiger partial charge in [-0.05, 0) is 77.0 Å². The Labute approximate surface area is 326 Å². The number of nitrogens with zero attached hydrogens (tertiary/aromatic N) is 2. The summed E-state index contributed by atoms with van der Waals surface area (Å²) in [6.45, 7) is 0. The molecule has 0 unspecified atom stereocenters. The molecule has 0 aliphatic carbocycles. The van der Waals surface area contributed by atoms with E-state index in [1.807, 2.05) is 11.3 Å². The summed E-state index contributed by atoms with van der Waals surface area (Å²) in [6.07, 6.45) is 0. The number of para-hydroxylation sites is 3. The van der Waals surface area contributed by atoms with Gasteiger partial charge in [0.2, 0.25) is 0 Å². The van der Waals surface area contributed by atoms with Gasteiger partial charge in [0.05, 0.1) is 11.0 Å². The van der Waals surface area contributed by atoms with Crippen molar-refractivity contribution in [1.82, 2.24) is 4.57 Å². The molecule has 0 N–H and O–H groups in total. The van der Waals surface area contributed by atoms with Crippen LogP contribution in [0.4, 0.5) is 17.1 Å². The molecule has 56 heavy (non-hydrogen) atoms. The third-order valence-corrected chi connectivity index (χ3v) is 12.5. The first-order chi connectivity index (χ1) is 27.8. The zero-order chi connectivity index (χ0) is 36.7. The van der Waals surface area contributed by atoms with Gasteiger partial charge >= 0.3 is 0 Å². The fourth-order valence-corrected chi connectivity index (χ4v) is 10.1. The number of rotatable bonds is 5. The number of fused-ring (bicyclic) bond motifs is 10. The average molecular weight is 733 g/mol. The predicted octanol–water partition coefficient (Wildman–Crippen LogP) is 15.3. The molecule has 3 aromatic heterocycles. The molecule has 0 bridgehead atoms. The van der Waals surface area contributed by atoms with Gasteiger partial charge in [-0.2, -0.15) is 0 Å². The predicted molar refractivity (Wildman–Crippen MR) is 239 cm³/mol. The van der Waals surface area contributed by atoms with E-state index in [-0.39, 0.29) is 0 Å². The van der Waals surface area contributed by atoms with Crippen LogP contribution in [-0.2, 0) is 0 Å². The van der Waals surface area contributed by atoms with Crippen molar-refractivity contribution in [2.75, 3.05) is 4.90 Å². The molecular weight excluding hydrogens is 701 g/mol. The van der Waals surface area contributed by atoms with Gasteiger partial charge in [-0.15, -0.1) is 11.3 Å². The highest BCUT2D eigenvalue weighted by Crippen LogP contribution is 2.49. The van der Waals surface area contributed by atoms with E-state index in [4.69, 9.17) is 4.42 Å². The number of hydrogen-bond acceptors (Lipinski definition) is 3. The van der Waals surface area contributed by atoms with Crippen molar-refractivity contribution in [2.24, 2.45) is 0 Å². The Kier molecular flexibility index (Phi) is 6.80. The summed E-state index contributed by atoms with van der Waals surface area (Å²) in [5.74, 6) is 0. The number of thiophene rings is 1. The third kappa shape index (κ3) is 4.63. The molecule has 0 spiro atoms. The van der Waals surface area contributed by atoms with Gasteiger partial charge in [0.25, 0.3) is 0 Å². The van der Waals surface area contributed by atoms with E-state index in [0.717, 1.165) is 55.7 Å². The zero-order valence-electron chi connectivity index (χ0n) is 30.2. The maximum atomic E-state index is 6.74. The molecule has 3 heterocycles. The monoisotopic (exact) mass is 732 g/mol. The van der Waals surface area contributed by atoms with Gasteiger partial charge in [0.15, 0.2) is 0 Å². The minimum absolute atomic E-state index is 0.879. The summed E-state index contributed by atoms with van der Waals surface area (Å²) in [6, 6.07) is 70.2. The van der Waals surface area contributed by atoms with Gasteiger partial charge < -0.3 is 13.9 Å². The normalized spacial score (nSPS) is 11.9. The van der Waals surface area contributed by atoms with Crippen molar-refractivity contribution in [3.8, 4) is 16.8 Å². The van der Waals surface area contributed by atoms with Gasteiger partial charge in [-0.1, -0.05) is 127 Å². The third-order valence-electron chi connectivity index (χ3n) is 11.3. The van der Waals surface area contributed by atoms with Crippen LogP contribution in [0, 0.1) is 0 Å². The first kappa shape index (κ1) is 31.2. The second-order valence-corrected chi connectivity index (χ2v) is 15.5. The van der Waals surface area contributed by atoms with Gasteiger partial charge in [-0.25, -0.2) is 0 Å². The lowest BCUT2D eigenvalue weighted by Gasteiger charge is -2.26. The van der Waals surface area contributed by atoms with Gasteiger partial charge in [-0.3, -0.25) is 0 Å². The quantitative estimate of drug-likeness (QED) is 0.176. The molecule has 12 aromatic rings. The fourth-order valence-electron chi connectivity index (χ4n) is 8.95. The Bertz CT molecular complexity index is 3480. The molecule has 0 aliphatic heterocycles. The Balaban J connectivity index is 1.20. The maximum Gasteiger partial charge on any atom is 0.138 e. The van der Waals surface area contributed by atoms with E-state index in [1.54, 1.807) is 0 Å². The molecule has 262 valence electrons. The van der Waals surface area contributed by atoms with E-state index < -0.39 is 0 Å². The molecule has 9 aromatic carbocycles. The van der Waals surface area contributed by atoms with E-state index in [1.165, 1.54) is 52.8 Å². The second kappa shape index (κ2) is 12.2. The Morgan fingerprint density at radius 2 is 1.07 bits per heavy atom. The summed E-state index contributed by atoms with van der Waals surface area (Å²) in [5, 5.41) is 9.70. The largest absolute Gasteiger partial charge is 0.456 e. The smallest absolute Gasteiger partial charge is 0.138 e. The molecule has 0 aliphatic rings. The lowest BCUT2D eigenvalue weighted by atomic mass is 9.91. The van der Waals surface area contributed by atoms with Crippen LogP contribution in [0.3, 0.4) is 0 Å². The van der Waals surface area contributed by atoms with Gasteiger partial charge in [0.1, 0.15) is 11.2 Å². The SMILES string of the molecule is c1ccc(N(c2ccc3c(c2)sc2ccccc23)c2ccc3c4c(-c5cccc6ccccc56)c5c(cc4n(-c4ccccc4)c3c2)oc2ccccc25)cc1. The van der Waals surface area contributed by atoms with Crippen molar-refractivity contribution >= 4 is 103 Å². The first-order valence-electron chi connectivity index (χ1n) is 19.0. The van der Waals surface area contributed by atoms with E-state index >= 15 is 0 Å². The number of furan rings is 1. The molecule has 4 heteroatoms. The summed E-state index contributed by atoms with van der Waals surface area (Å²) < 4.78 is 11.7. The van der Waals surface area contributed by atoms with Crippen molar-refractivity contribution in [1.29, 1.82) is 0 Å². The van der Waals surface area contributed by atoms with Crippen molar-refractivity contribution in [2.45, 2.75) is 0 Å². The maximum absolute atomic E-state index is 6.74. The fraction of sp³-hybridized carbons (Fsp3) is 0. The summed E-state index contributed by atoms with van der Waals surface area (Å²) in [5.41, 5.74) is 10.8. The van der Waals surface area contributed by atoms with Crippen LogP contribution < -0.4 is 4.90 Å². The van der Waals surface area contributed by atoms with E-state index in [2.05, 4.69) is 204 Å². The zero-order valence-corrected chi connectivity index (χ0v) is 31.0. The van der Waals surface area contributed by atoms with E-state index in [0.29, 0.717) is 0 Å². The van der Waals surface area contributed by atoms with Gasteiger partial charge in [0, 0.05) is 76.1 Å². The van der Waals surface area contributed by atoms with Crippen LogP contribution in [0.15, 0.2) is 199 Å². The summed E-state index contributed by atoms with van der Waals surface area (Å²) in [4.78, 5) is 2.39. The van der Waals surface area contributed by atoms with Crippen LogP contribution in [-0.4, -0.2) is 4.57 Å². The summed E-state index contributed by atoms with van der Waals surface area (Å²) >= 11 is 1.85. The molecule has 0 saturated heterocycles. The summed E-state index contributed by atoms with van der Waals surface area (Å²) in [7, 11) is 0. The highest BCUT2D eigenvalue weighted by Gasteiger charge is 2.25. The highest BCUT2D eigenvalue weighted by atomic mass is 32.1. The molecular formula is C52H32N2OS. The lowest BCUT2D eigenvalue weighted by molar-refractivity contribution is 0.669. The second-order valence-electron chi connectivity index (χ2n) is 14.5. The Morgan fingerprint density at radius 1 is 0.411 bits per heavy atom. The lowest BCUT2D eigenvalue weighted by Crippen LogP contribution is -2.09. The molecule has 12 rings (SSSR count). The van der Waals surface area contributed by atoms with E-state index in [9.17, 15) is 0 Å². The van der Waals surface area contributed by atoms with Crippen molar-refractivity contribution in [3.63, 3.8) is 0 Å². The van der Waals surface area contributed by atoms with Crippen LogP contribution in [0.25, 0.3) is 91.5 Å². The molecule has 0 radical (unpaired) electrons. The molecule has 0 saturated carbocycles. The average Bonchev–Trinajstić information content (AvgIpc) is 3.92. The number of aromatic nitrogens is 1. The highest BCUT2D eigenvalue weighted by molar-refractivity contribution is 7.25. The minimum Gasteiger partial charge on any atom is -0.456 e. The minimum atomic E-state index is 0.879. The Morgan fingerprint density at radius 3 is 1.93 bits per heavy atom. The van der Waals surface area contributed by atoms with Crippen LogP contribution >= 0.6 is 11.3 Å². The standard InChI is InChI=1S/C52H32N2OS/c1-3-16-34(17-4-1)53(37-26-28-40-39-21-10-12-25-48(39)56-49(40)31-37)36-27-29-42-44(30-36)54(35-18-5-2-6-19-35)45-32-47-51(43-22-9-11-24-46(43)55-47)52(50(42)45)41-23-13-15-33-14-7-8-20-38(33)41/h1-32H. The number of benzene rings is 9. The van der Waals surface area contributed by atoms with Crippen LogP contribution in [0.1, 0.15) is 0 Å². The van der Waals surface area contributed by atoms with Crippen LogP contribution in [0.5, 0.6) is 0 Å². The molecule has 3 nitrogen and oxygen atoms in total. The number of hydrogen-bond donors (Lipinski definition) is 0. The number of anilines is 3. The molecule has 0 fully saturated rings. The topological polar surface area (TPSA) is 21.3 Å². The molecule has 0 atom stereocenters. The molecule has 0 amide bonds. The van der Waals surface area contributed by atoms with Crippen LogP contribution in [0.2, 0.25) is 0 Å². The first-order valence-corrected chi connectivity index (χ1v) is 19.8. The Hall–Kier alpha value is -7.14. The van der Waals surface area contributed by atoms with Crippen molar-refractivity contribution in [3.05, 3.63) is 194 Å².